The zero-order valence-electron chi connectivity index (χ0n) is 22.4. The van der Waals surface area contributed by atoms with Crippen molar-refractivity contribution in [1.82, 2.24) is 9.80 Å². The minimum absolute atomic E-state index is 0.0138. The SMILES string of the molecule is Cc1cccc(NC(=O)N2CCN(c3ccc(NC(=O)c4ccccc4)cc3C(=O)N3CCCCC3)CC2)c1. The van der Waals surface area contributed by atoms with E-state index in [0.29, 0.717) is 43.0 Å². The lowest BCUT2D eigenvalue weighted by atomic mass is 10.1. The molecule has 4 amide bonds. The summed E-state index contributed by atoms with van der Waals surface area (Å²) in [5.41, 5.74) is 4.44. The van der Waals surface area contributed by atoms with Gasteiger partial charge >= 0.3 is 6.03 Å². The van der Waals surface area contributed by atoms with Crippen LogP contribution in [0.15, 0.2) is 72.8 Å². The number of nitrogens with zero attached hydrogens (tertiary/aromatic N) is 3. The van der Waals surface area contributed by atoms with Gasteiger partial charge in [0.1, 0.15) is 0 Å². The van der Waals surface area contributed by atoms with E-state index in [1.807, 2.05) is 66.4 Å². The number of aryl methyl sites for hydroxylation is 1. The molecule has 2 heterocycles. The van der Waals surface area contributed by atoms with Crippen molar-refractivity contribution >= 4 is 34.9 Å². The van der Waals surface area contributed by atoms with Gasteiger partial charge < -0.3 is 25.3 Å². The number of rotatable bonds is 5. The maximum absolute atomic E-state index is 13.7. The Balaban J connectivity index is 1.31. The molecule has 3 aromatic rings. The molecule has 2 saturated heterocycles. The fraction of sp³-hybridized carbons (Fsp3) is 0.323. The first kappa shape index (κ1) is 26.3. The second-order valence-corrected chi connectivity index (χ2v) is 10.2. The molecule has 8 nitrogen and oxygen atoms in total. The number of urea groups is 1. The molecule has 39 heavy (non-hydrogen) atoms. The smallest absolute Gasteiger partial charge is 0.321 e. The molecule has 0 radical (unpaired) electrons. The minimum atomic E-state index is -0.215. The molecule has 2 fully saturated rings. The third kappa shape index (κ3) is 6.39. The van der Waals surface area contributed by atoms with Crippen molar-refractivity contribution in [3.63, 3.8) is 0 Å². The molecular formula is C31H35N5O3. The van der Waals surface area contributed by atoms with E-state index in [1.165, 1.54) is 0 Å². The first-order valence-corrected chi connectivity index (χ1v) is 13.7. The summed E-state index contributed by atoms with van der Waals surface area (Å²) in [7, 11) is 0. The summed E-state index contributed by atoms with van der Waals surface area (Å²) in [6, 6.07) is 22.2. The van der Waals surface area contributed by atoms with E-state index in [4.69, 9.17) is 0 Å². The van der Waals surface area contributed by atoms with Gasteiger partial charge in [-0.05, 0) is 74.2 Å². The molecule has 5 rings (SSSR count). The van der Waals surface area contributed by atoms with Crippen LogP contribution >= 0.6 is 0 Å². The van der Waals surface area contributed by atoms with Gasteiger partial charge in [-0.2, -0.15) is 0 Å². The van der Waals surface area contributed by atoms with Gasteiger partial charge in [0.2, 0.25) is 0 Å². The van der Waals surface area contributed by atoms with Crippen molar-refractivity contribution in [3.8, 4) is 0 Å². The predicted octanol–water partition coefficient (Wildman–Crippen LogP) is 5.23. The van der Waals surface area contributed by atoms with E-state index < -0.39 is 0 Å². The Morgan fingerprint density at radius 1 is 0.667 bits per heavy atom. The number of hydrogen-bond donors (Lipinski definition) is 2. The maximum atomic E-state index is 13.7. The number of nitrogens with one attached hydrogen (secondary N) is 2. The molecule has 202 valence electrons. The van der Waals surface area contributed by atoms with Crippen LogP contribution in [0.2, 0.25) is 0 Å². The minimum Gasteiger partial charge on any atom is -0.367 e. The maximum Gasteiger partial charge on any atom is 0.321 e. The monoisotopic (exact) mass is 525 g/mol. The number of piperazine rings is 1. The molecule has 2 aliphatic heterocycles. The van der Waals surface area contributed by atoms with Crippen molar-refractivity contribution in [3.05, 3.63) is 89.5 Å². The molecule has 0 atom stereocenters. The van der Waals surface area contributed by atoms with Crippen LogP contribution in [0.4, 0.5) is 21.9 Å². The van der Waals surface area contributed by atoms with E-state index in [9.17, 15) is 14.4 Å². The van der Waals surface area contributed by atoms with Crippen LogP contribution in [-0.4, -0.2) is 66.9 Å². The summed E-state index contributed by atoms with van der Waals surface area (Å²) >= 11 is 0. The highest BCUT2D eigenvalue weighted by Crippen LogP contribution is 2.28. The van der Waals surface area contributed by atoms with Crippen LogP contribution in [0, 0.1) is 6.92 Å². The van der Waals surface area contributed by atoms with Gasteiger partial charge in [-0.15, -0.1) is 0 Å². The molecule has 2 aliphatic rings. The molecule has 8 heteroatoms. The number of carbonyl (C=O) groups is 3. The molecule has 0 unspecified atom stereocenters. The number of carbonyl (C=O) groups excluding carboxylic acids is 3. The Hall–Kier alpha value is -4.33. The number of hydrogen-bond acceptors (Lipinski definition) is 4. The summed E-state index contributed by atoms with van der Waals surface area (Å²) in [4.78, 5) is 45.2. The first-order valence-electron chi connectivity index (χ1n) is 13.7. The predicted molar refractivity (Wildman–Crippen MR) is 155 cm³/mol. The Kier molecular flexibility index (Phi) is 8.10. The molecule has 0 bridgehead atoms. The zero-order chi connectivity index (χ0) is 27.2. The molecule has 0 spiro atoms. The summed E-state index contributed by atoms with van der Waals surface area (Å²) in [6.45, 7) is 5.78. The number of amides is 4. The number of anilines is 3. The normalized spacial score (nSPS) is 15.6. The Labute approximate surface area is 229 Å². The van der Waals surface area contributed by atoms with Crippen LogP contribution in [0.1, 0.15) is 45.5 Å². The Morgan fingerprint density at radius 2 is 1.38 bits per heavy atom. The molecule has 0 aromatic heterocycles. The summed E-state index contributed by atoms with van der Waals surface area (Å²) < 4.78 is 0. The van der Waals surface area contributed by atoms with Crippen molar-refractivity contribution in [2.75, 3.05) is 54.8 Å². The standard InChI is InChI=1S/C31H35N5O3/c1-23-9-8-12-25(21-23)33-31(39)36-19-17-34(18-20-36)28-14-13-26(32-29(37)24-10-4-2-5-11-24)22-27(28)30(38)35-15-6-3-7-16-35/h2,4-5,8-14,21-22H,3,6-7,15-20H2,1H3,(H,32,37)(H,33,39). The summed E-state index contributed by atoms with van der Waals surface area (Å²) in [5.74, 6) is -0.229. The highest BCUT2D eigenvalue weighted by molar-refractivity contribution is 6.06. The van der Waals surface area contributed by atoms with E-state index in [-0.39, 0.29) is 17.8 Å². The first-order chi connectivity index (χ1) is 19.0. The molecule has 0 aliphatic carbocycles. The molecule has 3 aromatic carbocycles. The second-order valence-electron chi connectivity index (χ2n) is 10.2. The van der Waals surface area contributed by atoms with Gasteiger partial charge in [-0.3, -0.25) is 9.59 Å². The summed E-state index contributed by atoms with van der Waals surface area (Å²) in [5, 5.41) is 5.93. The largest absolute Gasteiger partial charge is 0.367 e. The van der Waals surface area contributed by atoms with Gasteiger partial charge in [-0.1, -0.05) is 30.3 Å². The molecule has 2 N–H and O–H groups in total. The van der Waals surface area contributed by atoms with Crippen LogP contribution < -0.4 is 15.5 Å². The lowest BCUT2D eigenvalue weighted by molar-refractivity contribution is 0.0724. The van der Waals surface area contributed by atoms with Crippen LogP contribution in [0.3, 0.4) is 0 Å². The van der Waals surface area contributed by atoms with E-state index in [2.05, 4.69) is 15.5 Å². The van der Waals surface area contributed by atoms with E-state index >= 15 is 0 Å². The second kappa shape index (κ2) is 12.0. The van der Waals surface area contributed by atoms with Crippen LogP contribution in [-0.2, 0) is 0 Å². The third-order valence-corrected chi connectivity index (χ3v) is 7.34. The Bertz CT molecular complexity index is 1330. The number of piperidine rings is 1. The lowest BCUT2D eigenvalue weighted by Gasteiger charge is -2.37. The highest BCUT2D eigenvalue weighted by Gasteiger charge is 2.27. The van der Waals surface area contributed by atoms with Crippen LogP contribution in [0.25, 0.3) is 0 Å². The van der Waals surface area contributed by atoms with Crippen molar-refractivity contribution < 1.29 is 14.4 Å². The highest BCUT2D eigenvalue weighted by atomic mass is 16.2. The van der Waals surface area contributed by atoms with Gasteiger partial charge in [0.05, 0.1) is 5.56 Å². The zero-order valence-corrected chi connectivity index (χ0v) is 22.4. The van der Waals surface area contributed by atoms with Crippen molar-refractivity contribution in [2.24, 2.45) is 0 Å². The van der Waals surface area contributed by atoms with E-state index in [0.717, 1.165) is 49.3 Å². The average Bonchev–Trinajstić information content (AvgIpc) is 2.98. The fourth-order valence-corrected chi connectivity index (χ4v) is 5.20. The molecular weight excluding hydrogens is 490 g/mol. The van der Waals surface area contributed by atoms with Crippen molar-refractivity contribution in [1.29, 1.82) is 0 Å². The summed E-state index contributed by atoms with van der Waals surface area (Å²) in [6.07, 6.45) is 3.14. The van der Waals surface area contributed by atoms with Crippen molar-refractivity contribution in [2.45, 2.75) is 26.2 Å². The average molecular weight is 526 g/mol. The van der Waals surface area contributed by atoms with Gasteiger partial charge in [0, 0.05) is 61.9 Å². The number of likely N-dealkylation sites (tertiary alicyclic amines) is 1. The van der Waals surface area contributed by atoms with Gasteiger partial charge in [0.25, 0.3) is 11.8 Å². The molecule has 0 saturated carbocycles. The van der Waals surface area contributed by atoms with Gasteiger partial charge in [0.15, 0.2) is 0 Å². The van der Waals surface area contributed by atoms with Gasteiger partial charge in [-0.25, -0.2) is 4.79 Å². The quantitative estimate of drug-likeness (QED) is 0.478. The van der Waals surface area contributed by atoms with E-state index in [1.54, 1.807) is 23.1 Å². The lowest BCUT2D eigenvalue weighted by Crippen LogP contribution is -2.50. The number of benzene rings is 3. The fourth-order valence-electron chi connectivity index (χ4n) is 5.20. The third-order valence-electron chi connectivity index (χ3n) is 7.34. The topological polar surface area (TPSA) is 85.0 Å². The van der Waals surface area contributed by atoms with Crippen LogP contribution in [0.5, 0.6) is 0 Å². The Morgan fingerprint density at radius 3 is 2.10 bits per heavy atom.